The molecule has 0 spiro atoms. The Bertz CT molecular complexity index is 752. The summed E-state index contributed by atoms with van der Waals surface area (Å²) in [6, 6.07) is 14.3. The Morgan fingerprint density at radius 3 is 2.77 bits per heavy atom. The topological polar surface area (TPSA) is 20.3 Å². The number of carbonyl (C=O) groups is 1. The van der Waals surface area contributed by atoms with Crippen molar-refractivity contribution in [1.29, 1.82) is 0 Å². The van der Waals surface area contributed by atoms with Gasteiger partial charge in [-0.05, 0) is 42.2 Å². The van der Waals surface area contributed by atoms with E-state index in [1.165, 1.54) is 18.4 Å². The second kappa shape index (κ2) is 6.49. The number of anilines is 1. The summed E-state index contributed by atoms with van der Waals surface area (Å²) in [6.45, 7) is 2.76. The van der Waals surface area contributed by atoms with E-state index in [1.54, 1.807) is 4.90 Å². The number of rotatable bonds is 4. The van der Waals surface area contributed by atoms with Crippen LogP contribution in [0.25, 0.3) is 0 Å². The van der Waals surface area contributed by atoms with E-state index in [1.807, 2.05) is 30.3 Å². The van der Waals surface area contributed by atoms with Gasteiger partial charge in [-0.1, -0.05) is 49.5 Å². The molecule has 0 saturated carbocycles. The summed E-state index contributed by atoms with van der Waals surface area (Å²) in [5, 5.41) is 0. The van der Waals surface area contributed by atoms with Crippen molar-refractivity contribution in [3.05, 3.63) is 64.7 Å². The van der Waals surface area contributed by atoms with Crippen molar-refractivity contribution in [3.8, 4) is 11.8 Å². The molecule has 0 N–H and O–H groups in total. The first kappa shape index (κ1) is 14.4. The number of amides is 1. The van der Waals surface area contributed by atoms with Crippen LogP contribution in [0.3, 0.4) is 0 Å². The molecule has 22 heavy (non-hydrogen) atoms. The summed E-state index contributed by atoms with van der Waals surface area (Å²) in [6.07, 6.45) is 4.31. The van der Waals surface area contributed by atoms with Crippen LogP contribution >= 0.6 is 0 Å². The minimum Gasteiger partial charge on any atom is -0.309 e. The van der Waals surface area contributed by atoms with Crippen LogP contribution < -0.4 is 4.90 Å². The van der Waals surface area contributed by atoms with Gasteiger partial charge in [-0.3, -0.25) is 4.79 Å². The molecule has 1 heterocycles. The van der Waals surface area contributed by atoms with Crippen LogP contribution in [0.5, 0.6) is 0 Å². The number of hydrogen-bond acceptors (Lipinski definition) is 1. The lowest BCUT2D eigenvalue weighted by atomic mass is 10.00. The fraction of sp³-hybridized carbons (Fsp3) is 0.250. The number of fused-ring (bicyclic) bond motifs is 2. The normalized spacial score (nSPS) is 12.3. The maximum atomic E-state index is 11.5. The molecule has 3 rings (SSSR count). The van der Waals surface area contributed by atoms with Gasteiger partial charge in [0.2, 0.25) is 6.41 Å². The predicted octanol–water partition coefficient (Wildman–Crippen LogP) is 3.91. The van der Waals surface area contributed by atoms with Crippen molar-refractivity contribution in [2.24, 2.45) is 0 Å². The quantitative estimate of drug-likeness (QED) is 0.617. The summed E-state index contributed by atoms with van der Waals surface area (Å²) in [4.78, 5) is 13.3. The molecule has 1 aliphatic heterocycles. The molecule has 0 fully saturated rings. The van der Waals surface area contributed by atoms with Crippen LogP contribution in [-0.2, 0) is 17.8 Å². The average Bonchev–Trinajstić information content (AvgIpc) is 2.55. The van der Waals surface area contributed by atoms with Gasteiger partial charge in [-0.25, -0.2) is 0 Å². The average molecular weight is 289 g/mol. The first-order valence-corrected chi connectivity index (χ1v) is 7.76. The fourth-order valence-corrected chi connectivity index (χ4v) is 2.75. The number of carbonyl (C=O) groups excluding carboxylic acids is 1. The molecule has 1 amide bonds. The number of nitrogens with zero attached hydrogens (tertiary/aromatic N) is 1. The number of hydrogen-bond donors (Lipinski definition) is 0. The fourth-order valence-electron chi connectivity index (χ4n) is 2.75. The molecule has 0 bridgehead atoms. The van der Waals surface area contributed by atoms with E-state index < -0.39 is 0 Å². The zero-order chi connectivity index (χ0) is 15.4. The van der Waals surface area contributed by atoms with Gasteiger partial charge in [0.1, 0.15) is 0 Å². The molecule has 2 heteroatoms. The van der Waals surface area contributed by atoms with Crippen molar-refractivity contribution in [3.63, 3.8) is 0 Å². The summed E-state index contributed by atoms with van der Waals surface area (Å²) < 4.78 is 0. The van der Waals surface area contributed by atoms with Crippen LogP contribution in [-0.4, -0.2) is 6.41 Å². The third-order valence-corrected chi connectivity index (χ3v) is 4.01. The number of benzene rings is 2. The van der Waals surface area contributed by atoms with E-state index in [9.17, 15) is 4.79 Å². The van der Waals surface area contributed by atoms with Gasteiger partial charge >= 0.3 is 0 Å². The van der Waals surface area contributed by atoms with Gasteiger partial charge in [-0.2, -0.15) is 0 Å². The Morgan fingerprint density at radius 1 is 1.14 bits per heavy atom. The van der Waals surface area contributed by atoms with Crippen LogP contribution in [0.1, 0.15) is 42.0 Å². The Labute approximate surface area is 131 Å². The molecule has 2 nitrogen and oxygen atoms in total. The van der Waals surface area contributed by atoms with Crippen molar-refractivity contribution < 1.29 is 4.79 Å². The summed E-state index contributed by atoms with van der Waals surface area (Å²) in [5.74, 6) is 6.51. The Morgan fingerprint density at radius 2 is 1.95 bits per heavy atom. The van der Waals surface area contributed by atoms with Gasteiger partial charge in [0, 0.05) is 11.1 Å². The van der Waals surface area contributed by atoms with E-state index in [4.69, 9.17) is 0 Å². The van der Waals surface area contributed by atoms with Crippen molar-refractivity contribution in [2.45, 2.75) is 32.7 Å². The smallest absolute Gasteiger partial charge is 0.214 e. The zero-order valence-electron chi connectivity index (χ0n) is 12.8. The van der Waals surface area contributed by atoms with Crippen LogP contribution in [0, 0.1) is 11.8 Å². The van der Waals surface area contributed by atoms with Crippen LogP contribution in [0.15, 0.2) is 42.5 Å². The van der Waals surface area contributed by atoms with Crippen molar-refractivity contribution in [1.82, 2.24) is 0 Å². The second-order valence-electron chi connectivity index (χ2n) is 5.60. The zero-order valence-corrected chi connectivity index (χ0v) is 12.8. The molecule has 1 aliphatic rings. The summed E-state index contributed by atoms with van der Waals surface area (Å²) in [5.41, 5.74) is 5.21. The van der Waals surface area contributed by atoms with Gasteiger partial charge in [-0.15, -0.1) is 0 Å². The predicted molar refractivity (Wildman–Crippen MR) is 89.7 cm³/mol. The standard InChI is InChI=1S/C20H19NO/c1-2-3-6-16-9-12-20-18(13-16)11-10-17-7-4-5-8-19(17)14-21(20)15-22/h4-5,7-9,12-13,15H,2-3,6,14H2,1H3. The van der Waals surface area contributed by atoms with E-state index in [2.05, 4.69) is 30.9 Å². The van der Waals surface area contributed by atoms with Gasteiger partial charge in [0.05, 0.1) is 12.2 Å². The van der Waals surface area contributed by atoms with E-state index in [0.717, 1.165) is 35.2 Å². The molecule has 0 unspecified atom stereocenters. The van der Waals surface area contributed by atoms with Crippen molar-refractivity contribution in [2.75, 3.05) is 4.90 Å². The molecule has 110 valence electrons. The minimum atomic E-state index is 0.565. The minimum absolute atomic E-state index is 0.565. The van der Waals surface area contributed by atoms with Gasteiger partial charge in [0.25, 0.3) is 0 Å². The first-order chi connectivity index (χ1) is 10.8. The molecular formula is C20H19NO. The maximum Gasteiger partial charge on any atom is 0.214 e. The molecule has 0 saturated heterocycles. The van der Waals surface area contributed by atoms with Gasteiger partial charge < -0.3 is 4.90 Å². The highest BCUT2D eigenvalue weighted by molar-refractivity contribution is 5.80. The molecule has 2 aromatic carbocycles. The Kier molecular flexibility index (Phi) is 4.25. The summed E-state index contributed by atoms with van der Waals surface area (Å²) in [7, 11) is 0. The summed E-state index contributed by atoms with van der Waals surface area (Å²) >= 11 is 0. The number of unbranched alkanes of at least 4 members (excludes halogenated alkanes) is 1. The van der Waals surface area contributed by atoms with E-state index >= 15 is 0 Å². The molecule has 0 aliphatic carbocycles. The number of aryl methyl sites for hydroxylation is 1. The largest absolute Gasteiger partial charge is 0.309 e. The molecule has 0 radical (unpaired) electrons. The highest BCUT2D eigenvalue weighted by Crippen LogP contribution is 2.25. The van der Waals surface area contributed by atoms with Crippen LogP contribution in [0.2, 0.25) is 0 Å². The lowest BCUT2D eigenvalue weighted by Crippen LogP contribution is -2.22. The Balaban J connectivity index is 2.07. The highest BCUT2D eigenvalue weighted by atomic mass is 16.1. The monoisotopic (exact) mass is 289 g/mol. The lowest BCUT2D eigenvalue weighted by Gasteiger charge is -2.22. The van der Waals surface area contributed by atoms with E-state index in [-0.39, 0.29) is 0 Å². The maximum absolute atomic E-state index is 11.5. The molecule has 0 atom stereocenters. The van der Waals surface area contributed by atoms with Crippen LogP contribution in [0.4, 0.5) is 5.69 Å². The first-order valence-electron chi connectivity index (χ1n) is 7.76. The lowest BCUT2D eigenvalue weighted by molar-refractivity contribution is -0.107. The highest BCUT2D eigenvalue weighted by Gasteiger charge is 2.14. The van der Waals surface area contributed by atoms with Crippen molar-refractivity contribution >= 4 is 12.1 Å². The Hall–Kier alpha value is -2.53. The molecular weight excluding hydrogens is 270 g/mol. The third kappa shape index (κ3) is 2.89. The van der Waals surface area contributed by atoms with E-state index in [0.29, 0.717) is 6.54 Å². The van der Waals surface area contributed by atoms with Gasteiger partial charge in [0.15, 0.2) is 0 Å². The molecule has 0 aromatic heterocycles. The SMILES string of the molecule is CCCCc1ccc2c(c1)C#Cc1ccccc1CN2C=O. The third-order valence-electron chi connectivity index (χ3n) is 4.01. The molecule has 2 aromatic rings. The second-order valence-corrected chi connectivity index (χ2v) is 5.60.